The number of rotatable bonds is 8. The molecule has 1 fully saturated rings. The molecule has 1 saturated heterocycles. The Labute approximate surface area is 183 Å². The summed E-state index contributed by atoms with van der Waals surface area (Å²) >= 11 is 5.85. The molecule has 2 aromatic carbocycles. The number of piperidine rings is 1. The van der Waals surface area contributed by atoms with E-state index in [2.05, 4.69) is 5.32 Å². The molecule has 1 amide bonds. The number of hydrogen-bond donors (Lipinski definition) is 1. The Morgan fingerprint density at radius 2 is 1.80 bits per heavy atom. The summed E-state index contributed by atoms with van der Waals surface area (Å²) in [5, 5.41) is 3.46. The van der Waals surface area contributed by atoms with Gasteiger partial charge in [0.2, 0.25) is 15.9 Å². The van der Waals surface area contributed by atoms with Gasteiger partial charge in [-0.1, -0.05) is 29.8 Å². The standard InChI is InChI=1S/C22H27ClN2O4S/c1-2-29-21-6-4-3-5-18(21)16-24-22(26)15-17-11-13-25(14-12-17)30(27,28)20-9-7-19(23)8-10-20/h3-10,17H,2,11-16H2,1H3,(H,24,26). The van der Waals surface area contributed by atoms with Crippen molar-refractivity contribution >= 4 is 27.5 Å². The van der Waals surface area contributed by atoms with Crippen LogP contribution in [0.4, 0.5) is 0 Å². The number of para-hydroxylation sites is 1. The zero-order chi connectivity index (χ0) is 21.6. The van der Waals surface area contributed by atoms with E-state index in [1.165, 1.54) is 16.4 Å². The van der Waals surface area contributed by atoms with Crippen LogP contribution in [0, 0.1) is 5.92 Å². The van der Waals surface area contributed by atoms with Gasteiger partial charge < -0.3 is 10.1 Å². The van der Waals surface area contributed by atoms with Gasteiger partial charge in [0.05, 0.1) is 11.5 Å². The number of nitrogens with one attached hydrogen (secondary N) is 1. The van der Waals surface area contributed by atoms with Crippen molar-refractivity contribution in [2.24, 2.45) is 5.92 Å². The molecular formula is C22H27ClN2O4S. The van der Waals surface area contributed by atoms with Gasteiger partial charge in [0, 0.05) is 36.6 Å². The van der Waals surface area contributed by atoms with Gasteiger partial charge in [0.25, 0.3) is 0 Å². The molecule has 0 saturated carbocycles. The van der Waals surface area contributed by atoms with Crippen LogP contribution in [0.5, 0.6) is 5.75 Å². The van der Waals surface area contributed by atoms with Crippen LogP contribution in [0.2, 0.25) is 5.02 Å². The molecule has 0 atom stereocenters. The van der Waals surface area contributed by atoms with Gasteiger partial charge in [-0.2, -0.15) is 4.31 Å². The van der Waals surface area contributed by atoms with Crippen molar-refractivity contribution in [3.05, 3.63) is 59.1 Å². The average Bonchev–Trinajstić information content (AvgIpc) is 2.74. The van der Waals surface area contributed by atoms with Crippen LogP contribution >= 0.6 is 11.6 Å². The summed E-state index contributed by atoms with van der Waals surface area (Å²) in [5.41, 5.74) is 0.941. The van der Waals surface area contributed by atoms with Crippen LogP contribution in [0.1, 0.15) is 31.7 Å². The summed E-state index contributed by atoms with van der Waals surface area (Å²) in [6.07, 6.45) is 1.72. The van der Waals surface area contributed by atoms with Crippen molar-refractivity contribution in [1.29, 1.82) is 0 Å². The highest BCUT2D eigenvalue weighted by Crippen LogP contribution is 2.26. The molecule has 30 heavy (non-hydrogen) atoms. The van der Waals surface area contributed by atoms with E-state index in [-0.39, 0.29) is 16.7 Å². The summed E-state index contributed by atoms with van der Waals surface area (Å²) in [5.74, 6) is 0.921. The first kappa shape index (κ1) is 22.6. The van der Waals surface area contributed by atoms with E-state index in [1.807, 2.05) is 31.2 Å². The van der Waals surface area contributed by atoms with E-state index >= 15 is 0 Å². The van der Waals surface area contributed by atoms with Crippen LogP contribution in [-0.4, -0.2) is 38.3 Å². The number of nitrogens with zero attached hydrogens (tertiary/aromatic N) is 1. The summed E-state index contributed by atoms with van der Waals surface area (Å²) < 4.78 is 32.6. The lowest BCUT2D eigenvalue weighted by Crippen LogP contribution is -2.39. The Morgan fingerprint density at radius 3 is 2.47 bits per heavy atom. The maximum absolute atomic E-state index is 12.8. The molecule has 3 rings (SSSR count). The molecule has 0 radical (unpaired) electrons. The molecule has 0 aliphatic carbocycles. The Kier molecular flexibility index (Phi) is 7.75. The van der Waals surface area contributed by atoms with Gasteiger partial charge in [-0.15, -0.1) is 0 Å². The third-order valence-corrected chi connectivity index (χ3v) is 7.41. The molecule has 1 aliphatic rings. The Hall–Kier alpha value is -2.09. The lowest BCUT2D eigenvalue weighted by Gasteiger charge is -2.31. The zero-order valence-electron chi connectivity index (χ0n) is 17.0. The highest BCUT2D eigenvalue weighted by atomic mass is 35.5. The molecule has 1 N–H and O–H groups in total. The van der Waals surface area contributed by atoms with Crippen molar-refractivity contribution in [1.82, 2.24) is 9.62 Å². The zero-order valence-corrected chi connectivity index (χ0v) is 18.6. The number of sulfonamides is 1. The SMILES string of the molecule is CCOc1ccccc1CNC(=O)CC1CCN(S(=O)(=O)c2ccc(Cl)cc2)CC1. The lowest BCUT2D eigenvalue weighted by atomic mass is 9.94. The fourth-order valence-electron chi connectivity index (χ4n) is 3.58. The number of halogens is 1. The van der Waals surface area contributed by atoms with Gasteiger partial charge >= 0.3 is 0 Å². The van der Waals surface area contributed by atoms with Gasteiger partial charge in [0.15, 0.2) is 0 Å². The highest BCUT2D eigenvalue weighted by Gasteiger charge is 2.30. The molecule has 0 aromatic heterocycles. The van der Waals surface area contributed by atoms with Crippen molar-refractivity contribution < 1.29 is 17.9 Å². The minimum atomic E-state index is -3.53. The minimum absolute atomic E-state index is 0.0275. The summed E-state index contributed by atoms with van der Waals surface area (Å²) in [6, 6.07) is 13.9. The van der Waals surface area contributed by atoms with E-state index in [1.54, 1.807) is 12.1 Å². The number of ether oxygens (including phenoxy) is 1. The maximum atomic E-state index is 12.8. The number of carbonyl (C=O) groups is 1. The molecule has 6 nitrogen and oxygen atoms in total. The summed E-state index contributed by atoms with van der Waals surface area (Å²) in [6.45, 7) is 3.74. The molecule has 0 unspecified atom stereocenters. The van der Waals surface area contributed by atoms with E-state index in [9.17, 15) is 13.2 Å². The van der Waals surface area contributed by atoms with Gasteiger partial charge in [-0.3, -0.25) is 4.79 Å². The van der Waals surface area contributed by atoms with E-state index < -0.39 is 10.0 Å². The van der Waals surface area contributed by atoms with E-state index in [4.69, 9.17) is 16.3 Å². The van der Waals surface area contributed by atoms with E-state index in [0.29, 0.717) is 50.5 Å². The normalized spacial score (nSPS) is 15.7. The average molecular weight is 451 g/mol. The van der Waals surface area contributed by atoms with E-state index in [0.717, 1.165) is 11.3 Å². The number of hydrogen-bond acceptors (Lipinski definition) is 4. The first-order chi connectivity index (χ1) is 14.4. The summed E-state index contributed by atoms with van der Waals surface area (Å²) in [4.78, 5) is 12.6. The fourth-order valence-corrected chi connectivity index (χ4v) is 5.18. The van der Waals surface area contributed by atoms with Crippen molar-refractivity contribution in [2.45, 2.75) is 37.6 Å². The minimum Gasteiger partial charge on any atom is -0.494 e. The van der Waals surface area contributed by atoms with Crippen LogP contribution in [0.25, 0.3) is 0 Å². The fraction of sp³-hybridized carbons (Fsp3) is 0.409. The molecule has 0 spiro atoms. The molecular weight excluding hydrogens is 424 g/mol. The highest BCUT2D eigenvalue weighted by molar-refractivity contribution is 7.89. The quantitative estimate of drug-likeness (QED) is 0.662. The van der Waals surface area contributed by atoms with Gasteiger partial charge in [-0.05, 0) is 56.0 Å². The van der Waals surface area contributed by atoms with Crippen molar-refractivity contribution in [3.63, 3.8) is 0 Å². The van der Waals surface area contributed by atoms with Crippen LogP contribution < -0.4 is 10.1 Å². The first-order valence-electron chi connectivity index (χ1n) is 10.1. The second-order valence-electron chi connectivity index (χ2n) is 7.32. The molecule has 1 heterocycles. The monoisotopic (exact) mass is 450 g/mol. The molecule has 1 aliphatic heterocycles. The summed E-state index contributed by atoms with van der Waals surface area (Å²) in [7, 11) is -3.53. The first-order valence-corrected chi connectivity index (χ1v) is 11.9. The number of benzene rings is 2. The number of carbonyl (C=O) groups excluding carboxylic acids is 1. The molecule has 162 valence electrons. The van der Waals surface area contributed by atoms with Gasteiger partial charge in [0.1, 0.15) is 5.75 Å². The molecule has 0 bridgehead atoms. The third kappa shape index (κ3) is 5.74. The predicted octanol–water partition coefficient (Wildman–Crippen LogP) is 3.85. The number of amides is 1. The Balaban J connectivity index is 1.49. The topological polar surface area (TPSA) is 75.7 Å². The van der Waals surface area contributed by atoms with Crippen LogP contribution in [0.15, 0.2) is 53.4 Å². The maximum Gasteiger partial charge on any atom is 0.243 e. The van der Waals surface area contributed by atoms with Gasteiger partial charge in [-0.25, -0.2) is 8.42 Å². The predicted molar refractivity (Wildman–Crippen MR) is 117 cm³/mol. The third-order valence-electron chi connectivity index (χ3n) is 5.25. The largest absolute Gasteiger partial charge is 0.494 e. The smallest absolute Gasteiger partial charge is 0.243 e. The molecule has 8 heteroatoms. The lowest BCUT2D eigenvalue weighted by molar-refractivity contribution is -0.122. The molecule has 2 aromatic rings. The van der Waals surface area contributed by atoms with Crippen molar-refractivity contribution in [3.8, 4) is 5.75 Å². The second-order valence-corrected chi connectivity index (χ2v) is 9.70. The Bertz CT molecular complexity index is 955. The van der Waals surface area contributed by atoms with Crippen LogP contribution in [-0.2, 0) is 21.4 Å². The second kappa shape index (κ2) is 10.3. The van der Waals surface area contributed by atoms with Crippen LogP contribution in [0.3, 0.4) is 0 Å². The Morgan fingerprint density at radius 1 is 1.13 bits per heavy atom. The van der Waals surface area contributed by atoms with Crippen molar-refractivity contribution in [2.75, 3.05) is 19.7 Å².